The van der Waals surface area contributed by atoms with Crippen LogP contribution in [0.3, 0.4) is 0 Å². The minimum Gasteiger partial charge on any atom is -0.396 e. The minimum atomic E-state index is -0.155. The van der Waals surface area contributed by atoms with Crippen molar-refractivity contribution in [1.29, 1.82) is 0 Å². The van der Waals surface area contributed by atoms with Crippen molar-refractivity contribution in [3.8, 4) is 0 Å². The molecule has 2 nitrogen and oxygen atoms in total. The predicted octanol–water partition coefficient (Wildman–Crippen LogP) is 0.760. The van der Waals surface area contributed by atoms with E-state index in [9.17, 15) is 4.79 Å². The number of carbonyl (C=O) groups is 1. The molecule has 0 bridgehead atoms. The third kappa shape index (κ3) is 1.12. The summed E-state index contributed by atoms with van der Waals surface area (Å²) in [5.74, 6) is 0.252. The van der Waals surface area contributed by atoms with Crippen LogP contribution in [0.15, 0.2) is 12.7 Å². The van der Waals surface area contributed by atoms with Crippen LogP contribution in [-0.2, 0) is 4.79 Å². The molecule has 1 fully saturated rings. The van der Waals surface area contributed by atoms with Crippen LogP contribution in [0.1, 0.15) is 12.8 Å². The van der Waals surface area contributed by atoms with Gasteiger partial charge < -0.3 is 5.11 Å². The van der Waals surface area contributed by atoms with Crippen LogP contribution in [0.2, 0.25) is 0 Å². The Kier molecular flexibility index (Phi) is 2.22. The quantitative estimate of drug-likeness (QED) is 0.575. The molecular formula is C8H12O2. The minimum absolute atomic E-state index is 0.0183. The first kappa shape index (κ1) is 7.48. The molecule has 0 heterocycles. The van der Waals surface area contributed by atoms with Gasteiger partial charge in [-0.1, -0.05) is 6.08 Å². The van der Waals surface area contributed by atoms with Crippen molar-refractivity contribution in [2.45, 2.75) is 12.8 Å². The average molecular weight is 140 g/mol. The standard InChI is InChI=1S/C8H12O2/c1-2-6-3-4-8(10)7(6)5-9/h2,6-7,9H,1,3-5H2. The van der Waals surface area contributed by atoms with E-state index in [1.165, 1.54) is 0 Å². The maximum atomic E-state index is 11.0. The van der Waals surface area contributed by atoms with E-state index in [4.69, 9.17) is 5.11 Å². The predicted molar refractivity (Wildman–Crippen MR) is 38.5 cm³/mol. The van der Waals surface area contributed by atoms with Crippen molar-refractivity contribution in [2.75, 3.05) is 6.61 Å². The summed E-state index contributed by atoms with van der Waals surface area (Å²) < 4.78 is 0. The van der Waals surface area contributed by atoms with E-state index < -0.39 is 0 Å². The largest absolute Gasteiger partial charge is 0.396 e. The van der Waals surface area contributed by atoms with Gasteiger partial charge in [-0.2, -0.15) is 0 Å². The molecule has 1 aliphatic rings. The van der Waals surface area contributed by atoms with E-state index in [1.807, 2.05) is 0 Å². The lowest BCUT2D eigenvalue weighted by molar-refractivity contribution is -0.122. The van der Waals surface area contributed by atoms with Crippen molar-refractivity contribution < 1.29 is 9.90 Å². The number of aliphatic hydroxyl groups excluding tert-OH is 1. The lowest BCUT2D eigenvalue weighted by Gasteiger charge is -2.09. The molecular weight excluding hydrogens is 128 g/mol. The fourth-order valence-electron chi connectivity index (χ4n) is 1.45. The maximum absolute atomic E-state index is 11.0. The van der Waals surface area contributed by atoms with Gasteiger partial charge in [-0.3, -0.25) is 4.79 Å². The van der Waals surface area contributed by atoms with Crippen molar-refractivity contribution in [3.63, 3.8) is 0 Å². The first-order valence-corrected chi connectivity index (χ1v) is 3.55. The van der Waals surface area contributed by atoms with E-state index in [0.29, 0.717) is 6.42 Å². The Hall–Kier alpha value is -0.630. The highest BCUT2D eigenvalue weighted by Gasteiger charge is 2.31. The maximum Gasteiger partial charge on any atom is 0.138 e. The molecule has 0 radical (unpaired) electrons. The second kappa shape index (κ2) is 2.97. The Bertz CT molecular complexity index is 151. The molecule has 56 valence electrons. The number of rotatable bonds is 2. The van der Waals surface area contributed by atoms with Crippen LogP contribution in [0, 0.1) is 11.8 Å². The summed E-state index contributed by atoms with van der Waals surface area (Å²) in [4.78, 5) is 11.0. The molecule has 1 aliphatic carbocycles. The smallest absolute Gasteiger partial charge is 0.138 e. The Morgan fingerprint density at radius 2 is 2.50 bits per heavy atom. The number of carbonyl (C=O) groups excluding carboxylic acids is 1. The molecule has 1 saturated carbocycles. The van der Waals surface area contributed by atoms with Gasteiger partial charge in [0.25, 0.3) is 0 Å². The summed E-state index contributed by atoms with van der Waals surface area (Å²) in [6.07, 6.45) is 3.25. The number of allylic oxidation sites excluding steroid dienone is 1. The van der Waals surface area contributed by atoms with Gasteiger partial charge in [0.1, 0.15) is 5.78 Å². The topological polar surface area (TPSA) is 37.3 Å². The van der Waals surface area contributed by atoms with Crippen molar-refractivity contribution in [3.05, 3.63) is 12.7 Å². The van der Waals surface area contributed by atoms with Gasteiger partial charge in [0.05, 0.1) is 6.61 Å². The summed E-state index contributed by atoms with van der Waals surface area (Å²) in [6, 6.07) is 0. The number of aliphatic hydroxyl groups is 1. The molecule has 1 rings (SSSR count). The summed E-state index contributed by atoms with van der Waals surface area (Å²) in [6.45, 7) is 3.59. The van der Waals surface area contributed by atoms with Crippen LogP contribution in [0.4, 0.5) is 0 Å². The van der Waals surface area contributed by atoms with E-state index in [1.54, 1.807) is 6.08 Å². The molecule has 1 N–H and O–H groups in total. The molecule has 10 heavy (non-hydrogen) atoms. The molecule has 2 heteroatoms. The first-order chi connectivity index (χ1) is 4.79. The molecule has 0 aromatic rings. The number of Topliss-reactive ketones (excluding diaryl/α,β-unsaturated/α-hetero) is 1. The van der Waals surface area contributed by atoms with Crippen molar-refractivity contribution in [2.24, 2.45) is 11.8 Å². The third-order valence-electron chi connectivity index (χ3n) is 2.15. The molecule has 0 spiro atoms. The van der Waals surface area contributed by atoms with Gasteiger partial charge in [0.2, 0.25) is 0 Å². The van der Waals surface area contributed by atoms with Crippen molar-refractivity contribution >= 4 is 5.78 Å². The number of ketones is 1. The lowest BCUT2D eigenvalue weighted by atomic mass is 9.97. The van der Waals surface area contributed by atoms with Crippen LogP contribution in [0.5, 0.6) is 0 Å². The highest BCUT2D eigenvalue weighted by atomic mass is 16.3. The van der Waals surface area contributed by atoms with E-state index in [0.717, 1.165) is 6.42 Å². The van der Waals surface area contributed by atoms with Crippen LogP contribution >= 0.6 is 0 Å². The first-order valence-electron chi connectivity index (χ1n) is 3.55. The van der Waals surface area contributed by atoms with Gasteiger partial charge in [-0.05, 0) is 12.3 Å². The van der Waals surface area contributed by atoms with Crippen LogP contribution in [-0.4, -0.2) is 17.5 Å². The summed E-state index contributed by atoms with van der Waals surface area (Å²) in [7, 11) is 0. The van der Waals surface area contributed by atoms with Gasteiger partial charge in [0.15, 0.2) is 0 Å². The van der Waals surface area contributed by atoms with Crippen LogP contribution in [0.25, 0.3) is 0 Å². The van der Waals surface area contributed by atoms with E-state index in [2.05, 4.69) is 6.58 Å². The summed E-state index contributed by atoms with van der Waals surface area (Å²) in [5.41, 5.74) is 0. The van der Waals surface area contributed by atoms with Gasteiger partial charge >= 0.3 is 0 Å². The van der Waals surface area contributed by atoms with Gasteiger partial charge in [-0.15, -0.1) is 6.58 Å². The zero-order valence-corrected chi connectivity index (χ0v) is 5.92. The summed E-state index contributed by atoms with van der Waals surface area (Å²) in [5, 5.41) is 8.77. The Balaban J connectivity index is 2.62. The average Bonchev–Trinajstić information content (AvgIpc) is 2.30. The Morgan fingerprint density at radius 3 is 2.90 bits per heavy atom. The fraction of sp³-hybridized carbons (Fsp3) is 0.625. The highest BCUT2D eigenvalue weighted by molar-refractivity contribution is 5.83. The molecule has 0 aromatic heterocycles. The molecule has 0 amide bonds. The van der Waals surface area contributed by atoms with E-state index in [-0.39, 0.29) is 24.2 Å². The monoisotopic (exact) mass is 140 g/mol. The van der Waals surface area contributed by atoms with E-state index >= 15 is 0 Å². The zero-order chi connectivity index (χ0) is 7.56. The molecule has 0 aromatic carbocycles. The highest BCUT2D eigenvalue weighted by Crippen LogP contribution is 2.28. The number of hydrogen-bond acceptors (Lipinski definition) is 2. The van der Waals surface area contributed by atoms with Crippen LogP contribution < -0.4 is 0 Å². The zero-order valence-electron chi connectivity index (χ0n) is 5.92. The molecule has 2 atom stereocenters. The summed E-state index contributed by atoms with van der Waals surface area (Å²) >= 11 is 0. The molecule has 0 aliphatic heterocycles. The van der Waals surface area contributed by atoms with Gasteiger partial charge in [-0.25, -0.2) is 0 Å². The molecule has 2 unspecified atom stereocenters. The third-order valence-corrected chi connectivity index (χ3v) is 2.15. The number of hydrogen-bond donors (Lipinski definition) is 1. The van der Waals surface area contributed by atoms with Crippen molar-refractivity contribution in [1.82, 2.24) is 0 Å². The normalized spacial score (nSPS) is 32.7. The second-order valence-corrected chi connectivity index (χ2v) is 2.69. The SMILES string of the molecule is C=CC1CCC(=O)C1CO. The second-order valence-electron chi connectivity index (χ2n) is 2.69. The Morgan fingerprint density at radius 1 is 1.80 bits per heavy atom. The van der Waals surface area contributed by atoms with Gasteiger partial charge in [0, 0.05) is 12.3 Å². The lowest BCUT2D eigenvalue weighted by Crippen LogP contribution is -2.17. The molecule has 0 saturated heterocycles. The Labute approximate surface area is 60.6 Å². The fourth-order valence-corrected chi connectivity index (χ4v) is 1.45.